The number of anilines is 3. The van der Waals surface area contributed by atoms with E-state index in [0.29, 0.717) is 6.04 Å². The summed E-state index contributed by atoms with van der Waals surface area (Å²) >= 11 is 0. The molecule has 1 fully saturated rings. The van der Waals surface area contributed by atoms with Gasteiger partial charge in [-0.25, -0.2) is 4.98 Å². The van der Waals surface area contributed by atoms with Gasteiger partial charge in [-0.2, -0.15) is 4.98 Å². The second-order valence-electron chi connectivity index (χ2n) is 7.37. The van der Waals surface area contributed by atoms with Crippen LogP contribution >= 0.6 is 0 Å². The van der Waals surface area contributed by atoms with Gasteiger partial charge in [0.05, 0.1) is 6.10 Å². The van der Waals surface area contributed by atoms with Crippen LogP contribution in [0.3, 0.4) is 0 Å². The summed E-state index contributed by atoms with van der Waals surface area (Å²) in [5, 5.41) is 6.90. The van der Waals surface area contributed by atoms with Gasteiger partial charge >= 0.3 is 0 Å². The summed E-state index contributed by atoms with van der Waals surface area (Å²) in [6.45, 7) is 6.06. The van der Waals surface area contributed by atoms with E-state index in [1.165, 1.54) is 38.5 Å². The Labute approximate surface area is 156 Å². The fourth-order valence-electron chi connectivity index (χ4n) is 3.34. The molecule has 5 nitrogen and oxygen atoms in total. The highest BCUT2D eigenvalue weighted by Gasteiger charge is 2.13. The summed E-state index contributed by atoms with van der Waals surface area (Å²) in [5.74, 6) is 2.41. The Bertz CT molecular complexity index is 692. The SMILES string of the molecule is Cc1cc(Nc2ccc(OC(C)C)cc2)nc(NC2CCCCCC2)n1. The summed E-state index contributed by atoms with van der Waals surface area (Å²) in [5.41, 5.74) is 1.94. The maximum atomic E-state index is 5.69. The fraction of sp³-hybridized carbons (Fsp3) is 0.524. The predicted molar refractivity (Wildman–Crippen MR) is 107 cm³/mol. The van der Waals surface area contributed by atoms with Crippen LogP contribution in [0.2, 0.25) is 0 Å². The zero-order valence-electron chi connectivity index (χ0n) is 16.1. The number of aryl methyl sites for hydroxylation is 1. The van der Waals surface area contributed by atoms with Crippen molar-refractivity contribution in [2.24, 2.45) is 0 Å². The number of benzene rings is 1. The van der Waals surface area contributed by atoms with Crippen molar-refractivity contribution in [3.05, 3.63) is 36.0 Å². The Kier molecular flexibility index (Phi) is 6.31. The quantitative estimate of drug-likeness (QED) is 0.675. The molecule has 2 aromatic rings. The van der Waals surface area contributed by atoms with Gasteiger partial charge in [0.1, 0.15) is 11.6 Å². The van der Waals surface area contributed by atoms with E-state index in [0.717, 1.165) is 28.9 Å². The number of nitrogens with zero attached hydrogens (tertiary/aromatic N) is 2. The lowest BCUT2D eigenvalue weighted by Gasteiger charge is -2.17. The molecule has 0 unspecified atom stereocenters. The van der Waals surface area contributed by atoms with Crippen LogP contribution in [-0.2, 0) is 0 Å². The first-order valence-electron chi connectivity index (χ1n) is 9.74. The zero-order chi connectivity index (χ0) is 18.4. The highest BCUT2D eigenvalue weighted by molar-refractivity contribution is 5.58. The predicted octanol–water partition coefficient (Wildman–Crippen LogP) is 5.45. The van der Waals surface area contributed by atoms with Gasteiger partial charge in [0, 0.05) is 23.5 Å². The normalized spacial score (nSPS) is 15.5. The minimum atomic E-state index is 0.177. The summed E-state index contributed by atoms with van der Waals surface area (Å²) in [4.78, 5) is 9.22. The molecule has 1 aliphatic rings. The summed E-state index contributed by atoms with van der Waals surface area (Å²) in [6.07, 6.45) is 7.86. The lowest BCUT2D eigenvalue weighted by Crippen LogP contribution is -2.20. The van der Waals surface area contributed by atoms with E-state index in [1.54, 1.807) is 0 Å². The minimum Gasteiger partial charge on any atom is -0.491 e. The molecule has 1 heterocycles. The Morgan fingerprint density at radius 3 is 2.35 bits per heavy atom. The second kappa shape index (κ2) is 8.88. The molecule has 1 saturated carbocycles. The Hall–Kier alpha value is -2.30. The third-order valence-electron chi connectivity index (χ3n) is 4.54. The van der Waals surface area contributed by atoms with E-state index in [9.17, 15) is 0 Å². The average Bonchev–Trinajstić information content (AvgIpc) is 2.84. The number of rotatable bonds is 6. The standard InChI is InChI=1S/C21H30N4O/c1-15(2)26-19-12-10-18(11-13-19)23-20-14-16(3)22-21(25-20)24-17-8-6-4-5-7-9-17/h10-15,17H,4-9H2,1-3H3,(H2,22,23,24,25). The summed E-state index contributed by atoms with van der Waals surface area (Å²) in [6, 6.07) is 10.4. The molecular weight excluding hydrogens is 324 g/mol. The van der Waals surface area contributed by atoms with E-state index in [1.807, 2.05) is 51.1 Å². The molecule has 26 heavy (non-hydrogen) atoms. The summed E-state index contributed by atoms with van der Waals surface area (Å²) < 4.78 is 5.69. The van der Waals surface area contributed by atoms with Gasteiger partial charge in [0.25, 0.3) is 0 Å². The molecule has 2 N–H and O–H groups in total. The molecule has 0 radical (unpaired) electrons. The van der Waals surface area contributed by atoms with Crippen LogP contribution in [0.1, 0.15) is 58.1 Å². The van der Waals surface area contributed by atoms with Gasteiger partial charge in [0.15, 0.2) is 0 Å². The molecule has 1 aromatic heterocycles. The number of nitrogens with one attached hydrogen (secondary N) is 2. The largest absolute Gasteiger partial charge is 0.491 e. The first-order chi connectivity index (χ1) is 12.6. The molecule has 1 aromatic carbocycles. The van der Waals surface area contributed by atoms with Gasteiger partial charge in [-0.15, -0.1) is 0 Å². The van der Waals surface area contributed by atoms with Crippen molar-refractivity contribution in [3.63, 3.8) is 0 Å². The van der Waals surface area contributed by atoms with Crippen LogP contribution < -0.4 is 15.4 Å². The van der Waals surface area contributed by atoms with Crippen molar-refractivity contribution in [1.29, 1.82) is 0 Å². The maximum Gasteiger partial charge on any atom is 0.225 e. The molecule has 0 atom stereocenters. The van der Waals surface area contributed by atoms with E-state index in [2.05, 4.69) is 20.6 Å². The van der Waals surface area contributed by atoms with Crippen molar-refractivity contribution in [2.45, 2.75) is 71.4 Å². The Morgan fingerprint density at radius 2 is 1.69 bits per heavy atom. The fourth-order valence-corrected chi connectivity index (χ4v) is 3.34. The molecule has 0 amide bonds. The summed E-state index contributed by atoms with van der Waals surface area (Å²) in [7, 11) is 0. The van der Waals surface area contributed by atoms with Gasteiger partial charge in [-0.3, -0.25) is 0 Å². The van der Waals surface area contributed by atoms with E-state index < -0.39 is 0 Å². The van der Waals surface area contributed by atoms with Gasteiger partial charge in [-0.1, -0.05) is 25.7 Å². The average molecular weight is 354 g/mol. The van der Waals surface area contributed by atoms with Crippen LogP contribution in [0.4, 0.5) is 17.5 Å². The monoisotopic (exact) mass is 354 g/mol. The number of hydrogen-bond donors (Lipinski definition) is 2. The van der Waals surface area contributed by atoms with Crippen LogP contribution in [0.15, 0.2) is 30.3 Å². The van der Waals surface area contributed by atoms with E-state index >= 15 is 0 Å². The molecule has 1 aliphatic carbocycles. The molecule has 3 rings (SSSR count). The number of ether oxygens (including phenoxy) is 1. The first kappa shape index (κ1) is 18.5. The lowest BCUT2D eigenvalue weighted by molar-refractivity contribution is 0.242. The van der Waals surface area contributed by atoms with Gasteiger partial charge < -0.3 is 15.4 Å². The minimum absolute atomic E-state index is 0.177. The van der Waals surface area contributed by atoms with Crippen molar-refractivity contribution >= 4 is 17.5 Å². The zero-order valence-corrected chi connectivity index (χ0v) is 16.1. The molecule has 140 valence electrons. The third kappa shape index (κ3) is 5.61. The smallest absolute Gasteiger partial charge is 0.225 e. The Morgan fingerprint density at radius 1 is 1.00 bits per heavy atom. The first-order valence-corrected chi connectivity index (χ1v) is 9.74. The van der Waals surface area contributed by atoms with Crippen molar-refractivity contribution < 1.29 is 4.74 Å². The second-order valence-corrected chi connectivity index (χ2v) is 7.37. The van der Waals surface area contributed by atoms with Crippen molar-refractivity contribution in [2.75, 3.05) is 10.6 Å². The number of aromatic nitrogens is 2. The highest BCUT2D eigenvalue weighted by atomic mass is 16.5. The molecule has 0 bridgehead atoms. The van der Waals surface area contributed by atoms with Crippen molar-refractivity contribution in [3.8, 4) is 5.75 Å². The lowest BCUT2D eigenvalue weighted by atomic mass is 10.1. The van der Waals surface area contributed by atoms with Crippen LogP contribution in [0.25, 0.3) is 0 Å². The molecular formula is C21H30N4O. The van der Waals surface area contributed by atoms with Crippen LogP contribution in [0, 0.1) is 6.92 Å². The molecule has 0 aliphatic heterocycles. The third-order valence-corrected chi connectivity index (χ3v) is 4.54. The van der Waals surface area contributed by atoms with Gasteiger partial charge in [-0.05, 0) is 57.9 Å². The van der Waals surface area contributed by atoms with E-state index in [4.69, 9.17) is 4.74 Å². The highest BCUT2D eigenvalue weighted by Crippen LogP contribution is 2.23. The number of hydrogen-bond acceptors (Lipinski definition) is 5. The molecule has 5 heteroatoms. The van der Waals surface area contributed by atoms with Crippen LogP contribution in [0.5, 0.6) is 5.75 Å². The maximum absolute atomic E-state index is 5.69. The molecule has 0 saturated heterocycles. The van der Waals surface area contributed by atoms with Gasteiger partial charge in [0.2, 0.25) is 5.95 Å². The van der Waals surface area contributed by atoms with E-state index in [-0.39, 0.29) is 6.10 Å². The van der Waals surface area contributed by atoms with Crippen LogP contribution in [-0.4, -0.2) is 22.1 Å². The van der Waals surface area contributed by atoms with Crippen molar-refractivity contribution in [1.82, 2.24) is 9.97 Å². The molecule has 0 spiro atoms. The Balaban J connectivity index is 1.67. The topological polar surface area (TPSA) is 59.1 Å².